The van der Waals surface area contributed by atoms with Gasteiger partial charge in [-0.2, -0.15) is 4.40 Å². The number of fused-ring (bicyclic) bond motifs is 6. The Morgan fingerprint density at radius 1 is 0.846 bits per heavy atom. The number of nitrogens with zero attached hydrogens (tertiary/aromatic N) is 2. The second-order valence-electron chi connectivity index (χ2n) is 7.79. The van der Waals surface area contributed by atoms with Crippen LogP contribution in [0.5, 0.6) is 0 Å². The minimum atomic E-state index is 0.605. The zero-order valence-electron chi connectivity index (χ0n) is 15.5. The van der Waals surface area contributed by atoms with Crippen molar-refractivity contribution in [2.24, 2.45) is 5.92 Å². The molecule has 0 aliphatic carbocycles. The molecule has 5 rings (SSSR count). The summed E-state index contributed by atoms with van der Waals surface area (Å²) >= 11 is 0. The molecule has 3 aromatic heterocycles. The van der Waals surface area contributed by atoms with E-state index in [4.69, 9.17) is 0 Å². The van der Waals surface area contributed by atoms with Gasteiger partial charge in [0.2, 0.25) is 5.52 Å². The lowest BCUT2D eigenvalue weighted by atomic mass is 10.1. The Morgan fingerprint density at radius 3 is 2.50 bits per heavy atom. The smallest absolute Gasteiger partial charge is 0.218 e. The van der Waals surface area contributed by atoms with Crippen LogP contribution in [-0.4, -0.2) is 4.57 Å². The highest BCUT2D eigenvalue weighted by Gasteiger charge is 2.15. The van der Waals surface area contributed by atoms with Crippen molar-refractivity contribution in [2.45, 2.75) is 27.3 Å². The van der Waals surface area contributed by atoms with Crippen LogP contribution < -0.4 is 4.40 Å². The molecule has 0 unspecified atom stereocenters. The summed E-state index contributed by atoms with van der Waals surface area (Å²) in [5.41, 5.74) is 5.23. The predicted octanol–water partition coefficient (Wildman–Crippen LogP) is 5.65. The lowest BCUT2D eigenvalue weighted by molar-refractivity contribution is -0.510. The minimum Gasteiger partial charge on any atom is -0.340 e. The summed E-state index contributed by atoms with van der Waals surface area (Å²) < 4.78 is 4.71. The summed E-state index contributed by atoms with van der Waals surface area (Å²) in [5.74, 6) is 0.605. The summed E-state index contributed by atoms with van der Waals surface area (Å²) in [4.78, 5) is 0. The molecule has 0 fully saturated rings. The molecule has 0 spiro atoms. The van der Waals surface area contributed by atoms with Crippen molar-refractivity contribution in [1.29, 1.82) is 0 Å². The van der Waals surface area contributed by atoms with Crippen molar-refractivity contribution < 1.29 is 4.40 Å². The van der Waals surface area contributed by atoms with Crippen LogP contribution in [-0.2, 0) is 6.54 Å². The maximum Gasteiger partial charge on any atom is 0.218 e. The van der Waals surface area contributed by atoms with Gasteiger partial charge in [-0.25, -0.2) is 0 Å². The van der Waals surface area contributed by atoms with Gasteiger partial charge in [0, 0.05) is 46.5 Å². The standard InChI is InChI=1S/C24H23N2/c1-16(2)15-26-22-7-5-4-6-19(22)21-13-18-9-11-25-10-8-17(3)12-23(25)20(18)14-24(21)26/h4-14,16H,15H2,1-3H3/q+1. The molecule has 0 aliphatic rings. The van der Waals surface area contributed by atoms with Gasteiger partial charge in [0.25, 0.3) is 0 Å². The summed E-state index contributed by atoms with van der Waals surface area (Å²) in [6.45, 7) is 7.77. The normalized spacial score (nSPS) is 12.2. The summed E-state index contributed by atoms with van der Waals surface area (Å²) in [6, 6.07) is 20.2. The van der Waals surface area contributed by atoms with Crippen LogP contribution in [0.2, 0.25) is 0 Å². The van der Waals surface area contributed by atoms with Crippen molar-refractivity contribution in [3.63, 3.8) is 0 Å². The highest BCUT2D eigenvalue weighted by molar-refractivity contribution is 6.14. The third kappa shape index (κ3) is 2.22. The zero-order valence-corrected chi connectivity index (χ0v) is 15.5. The Balaban J connectivity index is 1.97. The van der Waals surface area contributed by atoms with Gasteiger partial charge < -0.3 is 4.57 Å². The van der Waals surface area contributed by atoms with E-state index in [-0.39, 0.29) is 0 Å². The number of pyridine rings is 2. The Bertz CT molecular complexity index is 1290. The summed E-state index contributed by atoms with van der Waals surface area (Å²) in [7, 11) is 0. The third-order valence-corrected chi connectivity index (χ3v) is 5.32. The highest BCUT2D eigenvalue weighted by Crippen LogP contribution is 2.33. The van der Waals surface area contributed by atoms with Gasteiger partial charge in [-0.3, -0.25) is 0 Å². The molecule has 5 aromatic rings. The first-order chi connectivity index (χ1) is 12.6. The molecule has 0 bridgehead atoms. The van der Waals surface area contributed by atoms with Crippen LogP contribution in [0.1, 0.15) is 19.4 Å². The fourth-order valence-corrected chi connectivity index (χ4v) is 4.16. The van der Waals surface area contributed by atoms with E-state index >= 15 is 0 Å². The van der Waals surface area contributed by atoms with Gasteiger partial charge in [0.1, 0.15) is 0 Å². The van der Waals surface area contributed by atoms with E-state index in [1.165, 1.54) is 43.7 Å². The SMILES string of the molecule is Cc1cc[n+]2ccc3cc4c5ccccc5n(CC(C)C)c4cc3c2c1. The molecular weight excluding hydrogens is 316 g/mol. The van der Waals surface area contributed by atoms with Crippen LogP contribution in [0.15, 0.2) is 67.0 Å². The molecule has 2 nitrogen and oxygen atoms in total. The van der Waals surface area contributed by atoms with Crippen LogP contribution >= 0.6 is 0 Å². The van der Waals surface area contributed by atoms with Crippen LogP contribution in [0.3, 0.4) is 0 Å². The van der Waals surface area contributed by atoms with Gasteiger partial charge in [-0.05, 0) is 42.0 Å². The monoisotopic (exact) mass is 339 g/mol. The van der Waals surface area contributed by atoms with Crippen LogP contribution in [0, 0.1) is 12.8 Å². The first-order valence-corrected chi connectivity index (χ1v) is 9.37. The average Bonchev–Trinajstić information content (AvgIpc) is 2.93. The average molecular weight is 339 g/mol. The molecule has 2 heteroatoms. The summed E-state index contributed by atoms with van der Waals surface area (Å²) in [6.07, 6.45) is 4.31. The van der Waals surface area contributed by atoms with E-state index in [0.29, 0.717) is 5.92 Å². The van der Waals surface area contributed by atoms with Crippen LogP contribution in [0.25, 0.3) is 38.1 Å². The second kappa shape index (κ2) is 5.57. The minimum absolute atomic E-state index is 0.605. The predicted molar refractivity (Wildman–Crippen MR) is 110 cm³/mol. The Morgan fingerprint density at radius 2 is 1.65 bits per heavy atom. The van der Waals surface area contributed by atoms with Gasteiger partial charge in [-0.15, -0.1) is 0 Å². The third-order valence-electron chi connectivity index (χ3n) is 5.32. The maximum absolute atomic E-state index is 2.49. The fourth-order valence-electron chi connectivity index (χ4n) is 4.16. The molecule has 2 aromatic carbocycles. The maximum atomic E-state index is 2.49. The highest BCUT2D eigenvalue weighted by atomic mass is 15.0. The second-order valence-corrected chi connectivity index (χ2v) is 7.79. The molecule has 128 valence electrons. The molecule has 0 radical (unpaired) electrons. The van der Waals surface area contributed by atoms with Crippen LogP contribution in [0.4, 0.5) is 0 Å². The fraction of sp³-hybridized carbons (Fsp3) is 0.208. The van der Waals surface area contributed by atoms with Gasteiger partial charge in [0.15, 0.2) is 12.4 Å². The summed E-state index contributed by atoms with van der Waals surface area (Å²) in [5, 5.41) is 5.32. The van der Waals surface area contributed by atoms with Gasteiger partial charge in [-0.1, -0.05) is 32.0 Å². The molecule has 0 saturated carbocycles. The van der Waals surface area contributed by atoms with E-state index in [2.05, 4.69) is 96.7 Å². The lowest BCUT2D eigenvalue weighted by Crippen LogP contribution is -2.20. The largest absolute Gasteiger partial charge is 0.340 e. The Hall–Kier alpha value is -2.87. The molecule has 0 atom stereocenters. The Labute approximate surface area is 153 Å². The number of benzene rings is 2. The van der Waals surface area contributed by atoms with Crippen molar-refractivity contribution in [3.05, 3.63) is 72.6 Å². The Kier molecular flexibility index (Phi) is 3.30. The van der Waals surface area contributed by atoms with E-state index in [1.54, 1.807) is 0 Å². The molecule has 0 saturated heterocycles. The number of aromatic nitrogens is 2. The quantitative estimate of drug-likeness (QED) is 0.290. The number of hydrogen-bond acceptors (Lipinski definition) is 0. The number of rotatable bonds is 2. The first-order valence-electron chi connectivity index (χ1n) is 9.37. The van der Waals surface area contributed by atoms with E-state index in [9.17, 15) is 0 Å². The van der Waals surface area contributed by atoms with Crippen molar-refractivity contribution in [3.8, 4) is 0 Å². The van der Waals surface area contributed by atoms with Crippen molar-refractivity contribution in [1.82, 2.24) is 4.57 Å². The topological polar surface area (TPSA) is 9.03 Å². The van der Waals surface area contributed by atoms with Gasteiger partial charge in [0.05, 0.1) is 5.39 Å². The van der Waals surface area contributed by atoms with E-state index in [0.717, 1.165) is 6.54 Å². The molecule has 26 heavy (non-hydrogen) atoms. The molecule has 3 heterocycles. The first kappa shape index (κ1) is 15.4. The van der Waals surface area contributed by atoms with Gasteiger partial charge >= 0.3 is 0 Å². The molecule has 0 N–H and O–H groups in total. The van der Waals surface area contributed by atoms with E-state index in [1.807, 2.05) is 0 Å². The number of aryl methyl sites for hydroxylation is 1. The lowest BCUT2D eigenvalue weighted by Gasteiger charge is -2.10. The number of para-hydroxylation sites is 1. The van der Waals surface area contributed by atoms with Crippen molar-refractivity contribution in [2.75, 3.05) is 0 Å². The van der Waals surface area contributed by atoms with E-state index < -0.39 is 0 Å². The number of hydrogen-bond donors (Lipinski definition) is 0. The zero-order chi connectivity index (χ0) is 17.8. The molecule has 0 aliphatic heterocycles. The molecule has 0 amide bonds. The van der Waals surface area contributed by atoms with Crippen molar-refractivity contribution >= 4 is 38.1 Å². The molecular formula is C24H23N2+.